The van der Waals surface area contributed by atoms with Crippen LogP contribution in [-0.4, -0.2) is 88.2 Å². The van der Waals surface area contributed by atoms with Crippen LogP contribution in [0.4, 0.5) is 11.4 Å². The lowest BCUT2D eigenvalue weighted by atomic mass is 9.94. The number of nitrogens with zero attached hydrogens (tertiary/aromatic N) is 2. The topological polar surface area (TPSA) is 157 Å². The van der Waals surface area contributed by atoms with Crippen molar-refractivity contribution in [3.05, 3.63) is 113 Å². The number of aryl methyl sites for hydroxylation is 2. The Balaban J connectivity index is 1.24. The molecule has 2 aliphatic rings. The Morgan fingerprint density at radius 3 is 1.25 bits per heavy atom. The van der Waals surface area contributed by atoms with E-state index in [0.717, 1.165) is 78.5 Å². The van der Waals surface area contributed by atoms with Crippen molar-refractivity contribution in [2.24, 2.45) is 0 Å². The molecule has 2 fully saturated rings. The molecular formula is C48H60Br4N6O6S4. The number of carbonyl (C=O) groups is 2. The molecule has 6 rings (SSSR count). The first kappa shape index (κ1) is 55.5. The molecule has 2 aliphatic carbocycles. The lowest BCUT2D eigenvalue weighted by molar-refractivity contribution is -0.118. The molecule has 20 heteroatoms. The number of hydrogen-bond donors (Lipinski definition) is 4. The van der Waals surface area contributed by atoms with Crippen LogP contribution in [0.5, 0.6) is 0 Å². The van der Waals surface area contributed by atoms with Gasteiger partial charge in [-0.05, 0) is 145 Å². The van der Waals surface area contributed by atoms with Crippen LogP contribution in [0.1, 0.15) is 86.5 Å². The summed E-state index contributed by atoms with van der Waals surface area (Å²) in [7, 11) is -1.90. The maximum Gasteiger partial charge on any atom is 0.243 e. The number of halogens is 4. The first-order valence-corrected chi connectivity index (χ1v) is 31.3. The average Bonchev–Trinajstić information content (AvgIpc) is 3.29. The summed E-state index contributed by atoms with van der Waals surface area (Å²) in [5, 5.41) is 6.09. The number of carbonyl (C=O) groups excluding carboxylic acids is 2. The van der Waals surface area contributed by atoms with Gasteiger partial charge >= 0.3 is 0 Å². The minimum Gasteiger partial charge on any atom is -0.323 e. The Labute approximate surface area is 444 Å². The van der Waals surface area contributed by atoms with Crippen molar-refractivity contribution < 1.29 is 26.4 Å². The summed E-state index contributed by atoms with van der Waals surface area (Å²) in [5.74, 6) is -1.30. The molecule has 0 saturated heterocycles. The molecular weight excluding hydrogens is 1200 g/mol. The summed E-state index contributed by atoms with van der Waals surface area (Å²) in [4.78, 5) is 33.5. The summed E-state index contributed by atoms with van der Waals surface area (Å²) in [6, 6.07) is 18.6. The summed E-state index contributed by atoms with van der Waals surface area (Å²) < 4.78 is 63.8. The molecule has 0 aliphatic heterocycles. The molecule has 0 heterocycles. The van der Waals surface area contributed by atoms with E-state index in [1.54, 1.807) is 24.3 Å². The quantitative estimate of drug-likeness (QED) is 0.0468. The minimum atomic E-state index is -4.19. The van der Waals surface area contributed by atoms with Crippen LogP contribution in [0.25, 0.3) is 0 Å². The molecule has 0 aromatic heterocycles. The van der Waals surface area contributed by atoms with Crippen LogP contribution in [0.2, 0.25) is 0 Å². The predicted octanol–water partition coefficient (Wildman–Crippen LogP) is 11.5. The molecule has 4 aromatic rings. The molecule has 2 atom stereocenters. The highest BCUT2D eigenvalue weighted by Gasteiger charge is 2.31. The van der Waals surface area contributed by atoms with Crippen molar-refractivity contribution in [1.29, 1.82) is 0 Å². The highest BCUT2D eigenvalue weighted by atomic mass is 79.9. The zero-order valence-corrected chi connectivity index (χ0v) is 48.2. The summed E-state index contributed by atoms with van der Waals surface area (Å²) >= 11 is 14.5. The standard InChI is InChI=1S/C48H60Br4N6O6S4/c1-31-15-19-39(20-16-31)67(61,62)55-43(47(59)53-45-33(23-35(49)25-41(45)51)27-57(3)37-11-7-5-8-12-37)29-65-66-30-44(56-68(63,64)40-21-17-32(2)18-22-40)48(60)54-46-34(24-36(50)26-42(46)52)28-58(4)38-13-9-6-10-14-38/h15-26,37-38,43-44,55-56H,5-14,27-30H2,1-4H3,(H,53,59)(H,54,60)/t43-,44-/m0/s1. The van der Waals surface area contributed by atoms with Gasteiger partial charge in [0.25, 0.3) is 0 Å². The Kier molecular flexibility index (Phi) is 21.0. The number of sulfonamides is 2. The molecule has 0 unspecified atom stereocenters. The third kappa shape index (κ3) is 15.8. The monoisotopic (exact) mass is 1260 g/mol. The maximum atomic E-state index is 14.5. The number of amides is 2. The van der Waals surface area contributed by atoms with Gasteiger partial charge in [-0.1, -0.05) is 127 Å². The van der Waals surface area contributed by atoms with Gasteiger partial charge in [0.05, 0.1) is 21.2 Å². The SMILES string of the molecule is Cc1ccc(S(=O)(=O)N[C@@H](CSSC[C@H](NS(=O)(=O)c2ccc(C)cc2)C(=O)Nc2c(Br)cc(Br)cc2CN(C)C2CCCCC2)C(=O)Nc2c(Br)cc(Br)cc2CN(C)C2CCCCC2)cc1. The zero-order valence-electron chi connectivity index (χ0n) is 38.6. The molecule has 2 amide bonds. The molecule has 4 aromatic carbocycles. The van der Waals surface area contributed by atoms with Gasteiger partial charge < -0.3 is 10.6 Å². The molecule has 2 saturated carbocycles. The Hall–Kier alpha value is -1.82. The van der Waals surface area contributed by atoms with E-state index < -0.39 is 43.9 Å². The summed E-state index contributed by atoms with van der Waals surface area (Å²) in [6.45, 7) is 4.82. The van der Waals surface area contributed by atoms with E-state index in [-0.39, 0.29) is 21.3 Å². The van der Waals surface area contributed by atoms with Gasteiger partial charge in [-0.25, -0.2) is 16.8 Å². The lowest BCUT2D eigenvalue weighted by Gasteiger charge is -2.32. The molecule has 0 spiro atoms. The second kappa shape index (κ2) is 25.7. The molecule has 0 bridgehead atoms. The second-order valence-electron chi connectivity index (χ2n) is 17.8. The van der Waals surface area contributed by atoms with Gasteiger partial charge in [-0.3, -0.25) is 19.4 Å². The van der Waals surface area contributed by atoms with Gasteiger partial charge in [-0.2, -0.15) is 9.44 Å². The van der Waals surface area contributed by atoms with E-state index in [2.05, 4.69) is 108 Å². The lowest BCUT2D eigenvalue weighted by Crippen LogP contribution is -2.46. The van der Waals surface area contributed by atoms with Crippen LogP contribution in [-0.2, 0) is 42.7 Å². The van der Waals surface area contributed by atoms with Crippen LogP contribution in [0, 0.1) is 13.8 Å². The van der Waals surface area contributed by atoms with Crippen molar-refractivity contribution in [1.82, 2.24) is 19.2 Å². The number of nitrogens with one attached hydrogen (secondary N) is 4. The fraction of sp³-hybridized carbons (Fsp3) is 0.458. The van der Waals surface area contributed by atoms with Crippen LogP contribution in [0.15, 0.2) is 100 Å². The van der Waals surface area contributed by atoms with Crippen molar-refractivity contribution in [2.75, 3.05) is 36.2 Å². The number of rotatable bonds is 21. The fourth-order valence-electron chi connectivity index (χ4n) is 8.55. The van der Waals surface area contributed by atoms with Crippen LogP contribution >= 0.6 is 85.3 Å². The van der Waals surface area contributed by atoms with Crippen molar-refractivity contribution >= 4 is 129 Å². The minimum absolute atomic E-state index is 0.00354. The van der Waals surface area contributed by atoms with Gasteiger partial charge in [0.1, 0.15) is 12.1 Å². The molecule has 68 heavy (non-hydrogen) atoms. The van der Waals surface area contributed by atoms with E-state index in [0.29, 0.717) is 45.5 Å². The largest absolute Gasteiger partial charge is 0.323 e. The van der Waals surface area contributed by atoms with E-state index >= 15 is 0 Å². The first-order chi connectivity index (χ1) is 32.3. The normalized spacial score (nSPS) is 16.2. The van der Waals surface area contributed by atoms with E-state index in [1.807, 2.05) is 38.1 Å². The third-order valence-electron chi connectivity index (χ3n) is 12.4. The maximum absolute atomic E-state index is 14.5. The first-order valence-electron chi connectivity index (χ1n) is 22.7. The molecule has 0 radical (unpaired) electrons. The van der Waals surface area contributed by atoms with E-state index in [1.165, 1.54) is 62.8 Å². The van der Waals surface area contributed by atoms with E-state index in [4.69, 9.17) is 0 Å². The van der Waals surface area contributed by atoms with Crippen LogP contribution in [0.3, 0.4) is 0 Å². The van der Waals surface area contributed by atoms with Gasteiger partial charge in [0.2, 0.25) is 31.9 Å². The van der Waals surface area contributed by atoms with E-state index in [9.17, 15) is 26.4 Å². The molecule has 370 valence electrons. The second-order valence-corrected chi connectivity index (χ2v) is 27.3. The molecule has 12 nitrogen and oxygen atoms in total. The predicted molar refractivity (Wildman–Crippen MR) is 293 cm³/mol. The number of anilines is 2. The highest BCUT2D eigenvalue weighted by molar-refractivity contribution is 9.11. The smallest absolute Gasteiger partial charge is 0.243 e. The number of benzene rings is 4. The van der Waals surface area contributed by atoms with Gasteiger partial charge in [0, 0.05) is 54.6 Å². The third-order valence-corrected chi connectivity index (χ3v) is 20.0. The summed E-state index contributed by atoms with van der Waals surface area (Å²) in [6.07, 6.45) is 11.5. The van der Waals surface area contributed by atoms with Gasteiger partial charge in [-0.15, -0.1) is 0 Å². The summed E-state index contributed by atoms with van der Waals surface area (Å²) in [5.41, 5.74) is 4.52. The van der Waals surface area contributed by atoms with Crippen molar-refractivity contribution in [3.63, 3.8) is 0 Å². The Morgan fingerprint density at radius 1 is 0.574 bits per heavy atom. The van der Waals surface area contributed by atoms with Crippen molar-refractivity contribution in [2.45, 2.75) is 125 Å². The fourth-order valence-corrected chi connectivity index (χ4v) is 16.3. The molecule has 4 N–H and O–H groups in total. The average molecular weight is 1260 g/mol. The Bertz CT molecular complexity index is 2420. The van der Waals surface area contributed by atoms with Gasteiger partial charge in [0.15, 0.2) is 0 Å². The Morgan fingerprint density at radius 2 is 0.912 bits per heavy atom. The van der Waals surface area contributed by atoms with Crippen LogP contribution < -0.4 is 20.1 Å². The highest BCUT2D eigenvalue weighted by Crippen LogP contribution is 2.36. The van der Waals surface area contributed by atoms with Crippen molar-refractivity contribution in [3.8, 4) is 0 Å². The zero-order chi connectivity index (χ0) is 49.2. The number of hydrogen-bond acceptors (Lipinski definition) is 10.